The highest BCUT2D eigenvalue weighted by atomic mass is 79.9. The number of halogens is 2. The number of aryl methyl sites for hydroxylation is 1. The average molecular weight is 500 g/mol. The largest absolute Gasteiger partial charge is 0.495 e. The summed E-state index contributed by atoms with van der Waals surface area (Å²) >= 11 is 9.42. The first-order valence-electron chi connectivity index (χ1n) is 8.69. The van der Waals surface area contributed by atoms with Crippen LogP contribution in [0, 0.1) is 6.92 Å². The first kappa shape index (κ1) is 23.5. The maximum atomic E-state index is 12.1. The fourth-order valence-corrected chi connectivity index (χ4v) is 3.49. The zero-order valence-electron chi connectivity index (χ0n) is 16.5. The van der Waals surface area contributed by atoms with E-state index in [9.17, 15) is 14.4 Å². The number of hydrogen-bond acceptors (Lipinski definition) is 6. The molecule has 0 saturated carbocycles. The molecule has 30 heavy (non-hydrogen) atoms. The molecule has 0 aliphatic carbocycles. The normalized spacial score (nSPS) is 10.2. The molecule has 0 spiro atoms. The number of nitrogens with one attached hydrogen (secondary N) is 2. The lowest BCUT2D eigenvalue weighted by atomic mass is 10.2. The third kappa shape index (κ3) is 6.93. The molecule has 10 heteroatoms. The Balaban J connectivity index is 1.90. The van der Waals surface area contributed by atoms with Gasteiger partial charge in [-0.05, 0) is 42.8 Å². The number of anilines is 2. The highest BCUT2D eigenvalue weighted by Crippen LogP contribution is 2.32. The van der Waals surface area contributed by atoms with Crippen molar-refractivity contribution in [2.24, 2.45) is 0 Å². The third-order valence-electron chi connectivity index (χ3n) is 3.69. The number of rotatable bonds is 8. The van der Waals surface area contributed by atoms with Gasteiger partial charge in [0.05, 0.1) is 17.8 Å². The van der Waals surface area contributed by atoms with Gasteiger partial charge in [-0.1, -0.05) is 27.5 Å². The van der Waals surface area contributed by atoms with Gasteiger partial charge in [0.25, 0.3) is 5.91 Å². The lowest BCUT2D eigenvalue weighted by Gasteiger charge is -2.13. The van der Waals surface area contributed by atoms with Gasteiger partial charge in [-0.15, -0.1) is 0 Å². The fourth-order valence-electron chi connectivity index (χ4n) is 2.46. The molecule has 160 valence electrons. The minimum Gasteiger partial charge on any atom is -0.495 e. The smallest absolute Gasteiger partial charge is 0.344 e. The van der Waals surface area contributed by atoms with Gasteiger partial charge in [0.15, 0.2) is 13.2 Å². The number of benzene rings is 2. The van der Waals surface area contributed by atoms with Gasteiger partial charge in [-0.2, -0.15) is 0 Å². The molecule has 2 aromatic carbocycles. The van der Waals surface area contributed by atoms with Gasteiger partial charge in [-0.3, -0.25) is 9.59 Å². The molecule has 2 N–H and O–H groups in total. The minimum atomic E-state index is -0.734. The Morgan fingerprint density at radius 3 is 2.47 bits per heavy atom. The van der Waals surface area contributed by atoms with Crippen molar-refractivity contribution in [1.82, 2.24) is 0 Å². The summed E-state index contributed by atoms with van der Waals surface area (Å²) in [5.41, 5.74) is 1.54. The van der Waals surface area contributed by atoms with Crippen molar-refractivity contribution in [2.45, 2.75) is 13.8 Å². The number of ether oxygens (including phenoxy) is 3. The number of methoxy groups -OCH3 is 1. The Labute approximate surface area is 187 Å². The highest BCUT2D eigenvalue weighted by molar-refractivity contribution is 9.10. The second-order valence-corrected chi connectivity index (χ2v) is 7.45. The standard InChI is InChI=1S/C20H20BrClN2O6/c1-11-6-13(21)7-15(22)20(11)30-10-19(27)29-9-18(26)24-16-8-14(23-12(2)25)4-5-17(16)28-3/h4-8H,9-10H2,1-3H3,(H,23,25)(H,24,26). The zero-order valence-corrected chi connectivity index (χ0v) is 18.8. The Kier molecular flexibility index (Phi) is 8.49. The molecule has 0 aliphatic heterocycles. The first-order chi connectivity index (χ1) is 14.2. The summed E-state index contributed by atoms with van der Waals surface area (Å²) in [6.45, 7) is 2.22. The minimum absolute atomic E-state index is 0.257. The Morgan fingerprint density at radius 2 is 1.83 bits per heavy atom. The van der Waals surface area contributed by atoms with Crippen LogP contribution in [0.1, 0.15) is 12.5 Å². The molecule has 2 amide bonds. The Hall–Kier alpha value is -2.78. The molecule has 2 aromatic rings. The van der Waals surface area contributed by atoms with Crippen LogP contribution in [0.5, 0.6) is 11.5 Å². The number of hydrogen-bond donors (Lipinski definition) is 2. The SMILES string of the molecule is COc1ccc(NC(C)=O)cc1NC(=O)COC(=O)COc1c(C)cc(Br)cc1Cl. The number of carbonyl (C=O) groups excluding carboxylic acids is 3. The van der Waals surface area contributed by atoms with Crippen LogP contribution in [0.4, 0.5) is 11.4 Å². The number of amides is 2. The quantitative estimate of drug-likeness (QED) is 0.533. The van der Waals surface area contributed by atoms with Crippen LogP contribution in [0.25, 0.3) is 0 Å². The van der Waals surface area contributed by atoms with Crippen LogP contribution in [0.3, 0.4) is 0 Å². The van der Waals surface area contributed by atoms with E-state index >= 15 is 0 Å². The monoisotopic (exact) mass is 498 g/mol. The van der Waals surface area contributed by atoms with Crippen LogP contribution in [-0.2, 0) is 19.1 Å². The molecule has 0 atom stereocenters. The Bertz CT molecular complexity index is 943. The predicted molar refractivity (Wildman–Crippen MR) is 116 cm³/mol. The molecule has 0 heterocycles. The number of esters is 1. The van der Waals surface area contributed by atoms with Crippen LogP contribution >= 0.6 is 27.5 Å². The second-order valence-electron chi connectivity index (χ2n) is 6.13. The van der Waals surface area contributed by atoms with Crippen molar-refractivity contribution in [2.75, 3.05) is 31.0 Å². The van der Waals surface area contributed by atoms with E-state index < -0.39 is 25.1 Å². The van der Waals surface area contributed by atoms with Crippen molar-refractivity contribution in [1.29, 1.82) is 0 Å². The summed E-state index contributed by atoms with van der Waals surface area (Å²) in [6.07, 6.45) is 0. The molecule has 0 bridgehead atoms. The van der Waals surface area contributed by atoms with Crippen LogP contribution in [-0.4, -0.2) is 38.1 Å². The molecule has 0 aliphatic rings. The van der Waals surface area contributed by atoms with Crippen molar-refractivity contribution in [3.63, 3.8) is 0 Å². The summed E-state index contributed by atoms with van der Waals surface area (Å²) in [6, 6.07) is 8.18. The van der Waals surface area contributed by atoms with Crippen LogP contribution in [0.15, 0.2) is 34.8 Å². The lowest BCUT2D eigenvalue weighted by molar-refractivity contribution is -0.149. The van der Waals surface area contributed by atoms with E-state index in [0.29, 0.717) is 27.9 Å². The molecule has 0 unspecified atom stereocenters. The highest BCUT2D eigenvalue weighted by Gasteiger charge is 2.14. The molecule has 0 fully saturated rings. The van der Waals surface area contributed by atoms with Gasteiger partial charge in [0.2, 0.25) is 5.91 Å². The lowest BCUT2D eigenvalue weighted by Crippen LogP contribution is -2.24. The molecule has 0 radical (unpaired) electrons. The van der Waals surface area contributed by atoms with Crippen molar-refractivity contribution < 1.29 is 28.6 Å². The Morgan fingerprint density at radius 1 is 1.10 bits per heavy atom. The van der Waals surface area contributed by atoms with Gasteiger partial charge in [0.1, 0.15) is 11.5 Å². The second kappa shape index (κ2) is 10.8. The van der Waals surface area contributed by atoms with E-state index in [1.165, 1.54) is 20.1 Å². The van der Waals surface area contributed by atoms with Crippen molar-refractivity contribution in [3.8, 4) is 11.5 Å². The maximum absolute atomic E-state index is 12.1. The van der Waals surface area contributed by atoms with E-state index in [1.54, 1.807) is 31.2 Å². The summed E-state index contributed by atoms with van der Waals surface area (Å²) in [5, 5.41) is 5.52. The van der Waals surface area contributed by atoms with Gasteiger partial charge in [0, 0.05) is 17.1 Å². The molecular formula is C20H20BrClN2O6. The van der Waals surface area contributed by atoms with E-state index in [-0.39, 0.29) is 5.91 Å². The molecular weight excluding hydrogens is 480 g/mol. The van der Waals surface area contributed by atoms with Crippen molar-refractivity contribution >= 4 is 56.7 Å². The molecule has 2 rings (SSSR count). The van der Waals surface area contributed by atoms with Crippen molar-refractivity contribution in [3.05, 3.63) is 45.4 Å². The number of carbonyl (C=O) groups is 3. The summed E-state index contributed by atoms with van der Waals surface area (Å²) < 4.78 is 16.3. The topological polar surface area (TPSA) is 103 Å². The molecule has 0 aromatic heterocycles. The van der Waals surface area contributed by atoms with Gasteiger partial charge in [-0.25, -0.2) is 4.79 Å². The van der Waals surface area contributed by atoms with E-state index in [2.05, 4.69) is 26.6 Å². The van der Waals surface area contributed by atoms with E-state index in [1.807, 2.05) is 0 Å². The first-order valence-corrected chi connectivity index (χ1v) is 9.86. The van der Waals surface area contributed by atoms with Crippen LogP contribution < -0.4 is 20.1 Å². The van der Waals surface area contributed by atoms with Gasteiger partial charge >= 0.3 is 5.97 Å². The van der Waals surface area contributed by atoms with Crippen LogP contribution in [0.2, 0.25) is 5.02 Å². The average Bonchev–Trinajstić information content (AvgIpc) is 2.65. The van der Waals surface area contributed by atoms with E-state index in [4.69, 9.17) is 25.8 Å². The predicted octanol–water partition coefficient (Wildman–Crippen LogP) is 3.94. The maximum Gasteiger partial charge on any atom is 0.344 e. The molecule has 0 saturated heterocycles. The summed E-state index contributed by atoms with van der Waals surface area (Å²) in [5.74, 6) is -0.831. The third-order valence-corrected chi connectivity index (χ3v) is 4.43. The fraction of sp³-hybridized carbons (Fsp3) is 0.250. The van der Waals surface area contributed by atoms with Gasteiger partial charge < -0.3 is 24.8 Å². The molecule has 8 nitrogen and oxygen atoms in total. The summed E-state index contributed by atoms with van der Waals surface area (Å²) in [4.78, 5) is 35.2. The van der Waals surface area contributed by atoms with E-state index in [0.717, 1.165) is 10.0 Å². The summed E-state index contributed by atoms with van der Waals surface area (Å²) in [7, 11) is 1.44. The zero-order chi connectivity index (χ0) is 22.3.